The average Bonchev–Trinajstić information content (AvgIpc) is 3.39. The van der Waals surface area contributed by atoms with Crippen molar-refractivity contribution < 1.29 is 0 Å². The molecule has 1 heteroatoms. The third kappa shape index (κ3) is 5.56. The topological polar surface area (TPSA) is 3.24 Å². The fourth-order valence-corrected chi connectivity index (χ4v) is 11.6. The van der Waals surface area contributed by atoms with Crippen molar-refractivity contribution in [2.24, 2.45) is 0 Å². The van der Waals surface area contributed by atoms with E-state index in [9.17, 15) is 0 Å². The van der Waals surface area contributed by atoms with Gasteiger partial charge in [0, 0.05) is 17.1 Å². The SMILES string of the molecule is C1=C(c2ccc3ccc4ccc5ccccc5c4c3c2)C=C2C=C(c3ccc4ccc5ccc6ccccc6c5c4c3)C=C3C=C(c4ccc5ccc6ccc7ccccc7c6c5c4)C=C1N23. The van der Waals surface area contributed by atoms with Crippen LogP contribution in [-0.2, 0) is 0 Å². The van der Waals surface area contributed by atoms with Crippen LogP contribution in [0.2, 0.25) is 0 Å². The van der Waals surface area contributed by atoms with E-state index in [0.29, 0.717) is 0 Å². The summed E-state index contributed by atoms with van der Waals surface area (Å²) in [5.41, 5.74) is 10.7. The molecule has 0 unspecified atom stereocenters. The van der Waals surface area contributed by atoms with E-state index < -0.39 is 0 Å². The molecule has 308 valence electrons. The molecule has 3 aliphatic heterocycles. The predicted octanol–water partition coefficient (Wildman–Crippen LogP) is 17.6. The van der Waals surface area contributed by atoms with E-state index in [2.05, 4.69) is 242 Å². The summed E-state index contributed by atoms with van der Waals surface area (Å²) >= 11 is 0. The maximum Gasteiger partial charge on any atom is 0.0474 e. The first kappa shape index (κ1) is 36.5. The van der Waals surface area contributed by atoms with Gasteiger partial charge in [0.25, 0.3) is 0 Å². The molecule has 15 rings (SSSR count). The van der Waals surface area contributed by atoms with E-state index in [1.54, 1.807) is 0 Å². The van der Waals surface area contributed by atoms with Gasteiger partial charge in [0.2, 0.25) is 0 Å². The molecule has 0 aromatic heterocycles. The van der Waals surface area contributed by atoms with Crippen LogP contribution in [0.4, 0.5) is 0 Å². The maximum absolute atomic E-state index is 2.44. The van der Waals surface area contributed by atoms with Crippen molar-refractivity contribution in [2.45, 2.75) is 0 Å². The van der Waals surface area contributed by atoms with Gasteiger partial charge in [-0.3, -0.25) is 0 Å². The van der Waals surface area contributed by atoms with Crippen LogP contribution in [0.1, 0.15) is 16.7 Å². The van der Waals surface area contributed by atoms with Crippen LogP contribution in [0.3, 0.4) is 0 Å². The lowest BCUT2D eigenvalue weighted by atomic mass is 9.87. The molecule has 67 heavy (non-hydrogen) atoms. The summed E-state index contributed by atoms with van der Waals surface area (Å²) in [5.74, 6) is 0. The second kappa shape index (κ2) is 13.9. The molecule has 0 radical (unpaired) electrons. The van der Waals surface area contributed by atoms with Crippen molar-refractivity contribution in [1.29, 1.82) is 0 Å². The third-order valence-corrected chi connectivity index (χ3v) is 14.8. The normalized spacial score (nSPS) is 14.8. The van der Waals surface area contributed by atoms with Gasteiger partial charge in [-0.1, -0.05) is 182 Å². The monoisotopic (exact) mass is 845 g/mol. The number of nitrogens with zero attached hydrogens (tertiary/aromatic N) is 1. The van der Waals surface area contributed by atoms with Gasteiger partial charge in [-0.2, -0.15) is 0 Å². The Bertz CT molecular complexity index is 3960. The number of fused-ring (bicyclic) bond motifs is 15. The summed E-state index contributed by atoms with van der Waals surface area (Å²) in [7, 11) is 0. The number of rotatable bonds is 3. The van der Waals surface area contributed by atoms with Crippen LogP contribution >= 0.6 is 0 Å². The molecule has 0 aliphatic carbocycles. The minimum Gasteiger partial charge on any atom is -0.310 e. The molecule has 0 saturated carbocycles. The van der Waals surface area contributed by atoms with Gasteiger partial charge < -0.3 is 4.90 Å². The summed E-state index contributed by atoms with van der Waals surface area (Å²) in [6, 6.07) is 74.6. The molecule has 0 N–H and O–H groups in total. The van der Waals surface area contributed by atoms with Crippen LogP contribution < -0.4 is 0 Å². The van der Waals surface area contributed by atoms with Gasteiger partial charge >= 0.3 is 0 Å². The van der Waals surface area contributed by atoms with Crippen LogP contribution in [0, 0.1) is 0 Å². The molecule has 0 bridgehead atoms. The first-order valence-corrected chi connectivity index (χ1v) is 23.3. The minimum atomic E-state index is 1.16. The highest BCUT2D eigenvalue weighted by molar-refractivity contribution is 6.23. The first-order chi connectivity index (χ1) is 33.1. The van der Waals surface area contributed by atoms with Gasteiger partial charge in [-0.25, -0.2) is 0 Å². The molecular weight excluding hydrogens is 807 g/mol. The molecule has 0 spiro atoms. The van der Waals surface area contributed by atoms with Gasteiger partial charge in [0.1, 0.15) is 0 Å². The molecule has 0 atom stereocenters. The lowest BCUT2D eigenvalue weighted by molar-refractivity contribution is 0.567. The lowest BCUT2D eigenvalue weighted by Crippen LogP contribution is -2.26. The van der Waals surface area contributed by atoms with Gasteiger partial charge in [-0.15, -0.1) is 0 Å². The van der Waals surface area contributed by atoms with Crippen LogP contribution in [0.5, 0.6) is 0 Å². The average molecular weight is 846 g/mol. The maximum atomic E-state index is 2.44. The van der Waals surface area contributed by atoms with Gasteiger partial charge in [0.05, 0.1) is 0 Å². The van der Waals surface area contributed by atoms with E-state index in [1.165, 1.54) is 130 Å². The van der Waals surface area contributed by atoms with E-state index in [1.807, 2.05) is 0 Å². The Morgan fingerprint density at radius 3 is 0.776 bits per heavy atom. The van der Waals surface area contributed by atoms with Crippen molar-refractivity contribution in [2.75, 3.05) is 0 Å². The Kier molecular flexibility index (Phi) is 7.56. The van der Waals surface area contributed by atoms with E-state index in [-0.39, 0.29) is 0 Å². The van der Waals surface area contributed by atoms with Crippen molar-refractivity contribution >= 4 is 114 Å². The Morgan fingerprint density at radius 2 is 0.463 bits per heavy atom. The fourth-order valence-electron chi connectivity index (χ4n) is 11.6. The molecule has 12 aromatic carbocycles. The first-order valence-electron chi connectivity index (χ1n) is 23.3. The Labute approximate surface area is 387 Å². The number of allylic oxidation sites excluding steroid dienone is 9. The largest absolute Gasteiger partial charge is 0.310 e. The zero-order valence-electron chi connectivity index (χ0n) is 36.5. The Balaban J connectivity index is 0.952. The third-order valence-electron chi connectivity index (χ3n) is 14.8. The van der Waals surface area contributed by atoms with E-state index in [0.717, 1.165) is 17.1 Å². The zero-order chi connectivity index (χ0) is 43.7. The molecular formula is C66H39N. The Morgan fingerprint density at radius 1 is 0.209 bits per heavy atom. The summed E-state index contributed by atoms with van der Waals surface area (Å²) in [6.07, 6.45) is 14.4. The number of benzene rings is 12. The lowest BCUT2D eigenvalue weighted by Gasteiger charge is -2.37. The van der Waals surface area contributed by atoms with Crippen molar-refractivity contribution in [1.82, 2.24) is 4.90 Å². The summed E-state index contributed by atoms with van der Waals surface area (Å²) in [6.45, 7) is 0. The molecule has 1 nitrogen and oxygen atoms in total. The highest BCUT2D eigenvalue weighted by Crippen LogP contribution is 2.45. The van der Waals surface area contributed by atoms with E-state index in [4.69, 9.17) is 0 Å². The van der Waals surface area contributed by atoms with Crippen molar-refractivity contribution in [3.63, 3.8) is 0 Å². The van der Waals surface area contributed by atoms with Crippen LogP contribution in [0.15, 0.2) is 254 Å². The summed E-state index contributed by atoms with van der Waals surface area (Å²) < 4.78 is 0. The number of hydrogen-bond acceptors (Lipinski definition) is 1. The summed E-state index contributed by atoms with van der Waals surface area (Å²) in [4.78, 5) is 2.44. The molecule has 0 amide bonds. The quantitative estimate of drug-likeness (QED) is 0.160. The molecule has 3 aliphatic rings. The van der Waals surface area contributed by atoms with Gasteiger partial charge in [-0.05, 0) is 185 Å². The van der Waals surface area contributed by atoms with Crippen molar-refractivity contribution in [3.8, 4) is 0 Å². The highest BCUT2D eigenvalue weighted by atomic mass is 15.2. The smallest absolute Gasteiger partial charge is 0.0474 e. The summed E-state index contributed by atoms with van der Waals surface area (Å²) in [5, 5.41) is 22.9. The van der Waals surface area contributed by atoms with E-state index >= 15 is 0 Å². The predicted molar refractivity (Wildman–Crippen MR) is 287 cm³/mol. The molecule has 3 heterocycles. The van der Waals surface area contributed by atoms with Gasteiger partial charge in [0.15, 0.2) is 0 Å². The molecule has 0 saturated heterocycles. The highest BCUT2D eigenvalue weighted by Gasteiger charge is 2.29. The van der Waals surface area contributed by atoms with Crippen LogP contribution in [0.25, 0.3) is 114 Å². The fraction of sp³-hybridized carbons (Fsp3) is 0. The standard InChI is InChI=1S/C66H39N/c1-4-10-58-40(7-1)13-22-46-25-16-43-19-28-49(37-61(43)64(46)58)52-31-55-33-53(50-29-20-44-17-26-47-23-14-41-8-2-5-11-59(41)65(47)62(44)38-50)35-57-36-54(34-56(32-52)67(55)57)51-30-21-45-18-27-48-24-15-42-9-3-6-12-60(42)66(48)63(45)39-51/h1-39H. The second-order valence-corrected chi connectivity index (χ2v) is 18.5. The zero-order valence-corrected chi connectivity index (χ0v) is 36.5. The number of hydrogen-bond donors (Lipinski definition) is 0. The molecule has 12 aromatic rings. The second-order valence-electron chi connectivity index (χ2n) is 18.5. The minimum absolute atomic E-state index is 1.16. The Hall–Kier alpha value is -8.78. The van der Waals surface area contributed by atoms with Crippen LogP contribution in [-0.4, -0.2) is 4.90 Å². The molecule has 0 fully saturated rings. The van der Waals surface area contributed by atoms with Crippen molar-refractivity contribution in [3.05, 3.63) is 270 Å².